The zero-order chi connectivity index (χ0) is 19.1. The minimum absolute atomic E-state index is 0.0585. The zero-order valence-electron chi connectivity index (χ0n) is 14.2. The van der Waals surface area contributed by atoms with Gasteiger partial charge in [0, 0.05) is 12.3 Å². The maximum atomic E-state index is 12.5. The lowest BCUT2D eigenvalue weighted by Crippen LogP contribution is -2.37. The van der Waals surface area contributed by atoms with E-state index in [4.69, 9.17) is 4.74 Å². The fourth-order valence-corrected chi connectivity index (χ4v) is 2.11. The van der Waals surface area contributed by atoms with Crippen LogP contribution < -0.4 is 4.90 Å². The summed E-state index contributed by atoms with van der Waals surface area (Å²) < 4.78 is 9.72. The number of aryl methyl sites for hydroxylation is 1. The number of pyridine rings is 1. The van der Waals surface area contributed by atoms with Crippen molar-refractivity contribution in [3.8, 4) is 0 Å². The highest BCUT2D eigenvalue weighted by molar-refractivity contribution is 5.94. The number of ether oxygens (including phenoxy) is 2. The van der Waals surface area contributed by atoms with E-state index in [1.807, 2.05) is 6.07 Å². The number of methoxy groups -OCH3 is 1. The van der Waals surface area contributed by atoms with Crippen LogP contribution in [0.2, 0.25) is 0 Å². The summed E-state index contributed by atoms with van der Waals surface area (Å²) in [5, 5.41) is 11.3. The second kappa shape index (κ2) is 8.56. The molecule has 26 heavy (non-hydrogen) atoms. The summed E-state index contributed by atoms with van der Waals surface area (Å²) in [6.45, 7) is 1.00. The molecule has 2 rings (SSSR count). The predicted octanol–water partition coefficient (Wildman–Crippen LogP) is 2.61. The van der Waals surface area contributed by atoms with Gasteiger partial charge in [0.2, 0.25) is 5.82 Å². The third-order valence-corrected chi connectivity index (χ3v) is 3.38. The summed E-state index contributed by atoms with van der Waals surface area (Å²) in [6.07, 6.45) is 0.413. The molecule has 0 fully saturated rings. The maximum absolute atomic E-state index is 12.5. The molecule has 0 radical (unpaired) electrons. The molecular formula is C17H17N3O6. The van der Waals surface area contributed by atoms with Crippen molar-refractivity contribution >= 4 is 23.6 Å². The minimum atomic E-state index is -0.946. The van der Waals surface area contributed by atoms with E-state index < -0.39 is 29.2 Å². The van der Waals surface area contributed by atoms with Gasteiger partial charge in [-0.15, -0.1) is 0 Å². The fraction of sp³-hybridized carbons (Fsp3) is 0.235. The molecule has 1 aromatic carbocycles. The first-order valence-electron chi connectivity index (χ1n) is 7.58. The number of nitro groups is 1. The normalized spacial score (nSPS) is 10.1. The first-order valence-corrected chi connectivity index (χ1v) is 7.58. The van der Waals surface area contributed by atoms with E-state index >= 15 is 0 Å². The topological polar surface area (TPSA) is 112 Å². The maximum Gasteiger partial charge on any atom is 0.416 e. The van der Waals surface area contributed by atoms with Crippen molar-refractivity contribution in [2.45, 2.75) is 13.5 Å². The second-order valence-electron chi connectivity index (χ2n) is 5.31. The summed E-state index contributed by atoms with van der Waals surface area (Å²) in [5.41, 5.74) is 0.854. The average Bonchev–Trinajstić information content (AvgIpc) is 2.65. The number of hydrogen-bond acceptors (Lipinski definition) is 7. The molecule has 0 bridgehead atoms. The van der Waals surface area contributed by atoms with Gasteiger partial charge in [-0.25, -0.2) is 14.7 Å². The number of amides is 1. The summed E-state index contributed by atoms with van der Waals surface area (Å²) in [6, 6.07) is 10.1. The summed E-state index contributed by atoms with van der Waals surface area (Å²) >= 11 is 0. The number of aromatic nitrogens is 1. The minimum Gasteiger partial charge on any atom is -0.468 e. The SMILES string of the molecule is COC(=O)CN(C(=O)OCc1ccccc1)c1ncc(C)cc1[N+](=O)[O-]. The van der Waals surface area contributed by atoms with Crippen LogP contribution in [-0.4, -0.2) is 35.6 Å². The van der Waals surface area contributed by atoms with Crippen LogP contribution in [0.15, 0.2) is 42.6 Å². The molecule has 0 N–H and O–H groups in total. The number of benzene rings is 1. The Labute approximate surface area is 149 Å². The first kappa shape index (κ1) is 18.8. The van der Waals surface area contributed by atoms with Gasteiger partial charge in [0.15, 0.2) is 0 Å². The molecule has 136 valence electrons. The van der Waals surface area contributed by atoms with Crippen molar-refractivity contribution in [1.29, 1.82) is 0 Å². The third kappa shape index (κ3) is 4.76. The van der Waals surface area contributed by atoms with Gasteiger partial charge in [-0.2, -0.15) is 0 Å². The number of anilines is 1. The first-order chi connectivity index (χ1) is 12.4. The van der Waals surface area contributed by atoms with Crippen LogP contribution in [0, 0.1) is 17.0 Å². The Morgan fingerprint density at radius 1 is 1.27 bits per heavy atom. The Balaban J connectivity index is 2.30. The van der Waals surface area contributed by atoms with Gasteiger partial charge in [-0.1, -0.05) is 30.3 Å². The molecule has 0 aliphatic rings. The molecular weight excluding hydrogens is 342 g/mol. The Kier molecular flexibility index (Phi) is 6.20. The molecule has 1 aromatic heterocycles. The van der Waals surface area contributed by atoms with Crippen LogP contribution in [0.3, 0.4) is 0 Å². The van der Waals surface area contributed by atoms with Crippen LogP contribution in [0.4, 0.5) is 16.3 Å². The lowest BCUT2D eigenvalue weighted by molar-refractivity contribution is -0.384. The Hall–Kier alpha value is -3.49. The fourth-order valence-electron chi connectivity index (χ4n) is 2.11. The summed E-state index contributed by atoms with van der Waals surface area (Å²) in [7, 11) is 1.15. The lowest BCUT2D eigenvalue weighted by atomic mass is 10.2. The summed E-state index contributed by atoms with van der Waals surface area (Å²) in [4.78, 5) is 39.5. The highest BCUT2D eigenvalue weighted by Crippen LogP contribution is 2.27. The molecule has 9 heteroatoms. The van der Waals surface area contributed by atoms with E-state index in [1.54, 1.807) is 31.2 Å². The number of carbonyl (C=O) groups is 2. The average molecular weight is 359 g/mol. The summed E-state index contributed by atoms with van der Waals surface area (Å²) in [5.74, 6) is -1.05. The highest BCUT2D eigenvalue weighted by Gasteiger charge is 2.29. The van der Waals surface area contributed by atoms with Crippen LogP contribution in [-0.2, 0) is 20.9 Å². The van der Waals surface area contributed by atoms with E-state index in [9.17, 15) is 19.7 Å². The smallest absolute Gasteiger partial charge is 0.416 e. The van der Waals surface area contributed by atoms with Crippen LogP contribution in [0.5, 0.6) is 0 Å². The van der Waals surface area contributed by atoms with Gasteiger partial charge in [0.25, 0.3) is 0 Å². The van der Waals surface area contributed by atoms with E-state index in [0.29, 0.717) is 5.56 Å². The monoisotopic (exact) mass is 359 g/mol. The van der Waals surface area contributed by atoms with Gasteiger partial charge in [-0.05, 0) is 18.1 Å². The Morgan fingerprint density at radius 3 is 2.58 bits per heavy atom. The van der Waals surface area contributed by atoms with Crippen LogP contribution in [0.25, 0.3) is 0 Å². The molecule has 0 unspecified atom stereocenters. The number of rotatable bonds is 6. The largest absolute Gasteiger partial charge is 0.468 e. The molecule has 0 aliphatic carbocycles. The van der Waals surface area contributed by atoms with Crippen molar-refractivity contribution in [2.24, 2.45) is 0 Å². The standard InChI is InChI=1S/C17H17N3O6/c1-12-8-14(20(23)24)16(18-9-12)19(10-15(21)25-2)17(22)26-11-13-6-4-3-5-7-13/h3-9H,10-11H2,1-2H3. The van der Waals surface area contributed by atoms with Crippen LogP contribution in [0.1, 0.15) is 11.1 Å². The molecule has 0 spiro atoms. The lowest BCUT2D eigenvalue weighted by Gasteiger charge is -2.20. The van der Waals surface area contributed by atoms with E-state index in [2.05, 4.69) is 9.72 Å². The quantitative estimate of drug-likeness (QED) is 0.443. The molecule has 0 aliphatic heterocycles. The van der Waals surface area contributed by atoms with Gasteiger partial charge in [0.1, 0.15) is 13.2 Å². The van der Waals surface area contributed by atoms with E-state index in [1.165, 1.54) is 12.3 Å². The van der Waals surface area contributed by atoms with Gasteiger partial charge < -0.3 is 9.47 Å². The van der Waals surface area contributed by atoms with Crippen molar-refractivity contribution in [3.63, 3.8) is 0 Å². The van der Waals surface area contributed by atoms with Gasteiger partial charge in [0.05, 0.1) is 12.0 Å². The van der Waals surface area contributed by atoms with E-state index in [0.717, 1.165) is 17.6 Å². The van der Waals surface area contributed by atoms with E-state index in [-0.39, 0.29) is 12.4 Å². The number of hydrogen-bond donors (Lipinski definition) is 0. The molecule has 0 saturated heterocycles. The van der Waals surface area contributed by atoms with Gasteiger partial charge >= 0.3 is 17.7 Å². The molecule has 9 nitrogen and oxygen atoms in total. The van der Waals surface area contributed by atoms with Gasteiger partial charge in [-0.3, -0.25) is 14.9 Å². The number of esters is 1. The van der Waals surface area contributed by atoms with Crippen molar-refractivity contribution in [3.05, 3.63) is 63.8 Å². The van der Waals surface area contributed by atoms with Crippen molar-refractivity contribution < 1.29 is 24.0 Å². The molecule has 1 heterocycles. The Bertz CT molecular complexity index is 809. The van der Waals surface area contributed by atoms with Crippen molar-refractivity contribution in [2.75, 3.05) is 18.6 Å². The highest BCUT2D eigenvalue weighted by atomic mass is 16.6. The zero-order valence-corrected chi connectivity index (χ0v) is 14.2. The van der Waals surface area contributed by atoms with Crippen molar-refractivity contribution in [1.82, 2.24) is 4.98 Å². The Morgan fingerprint density at radius 2 is 1.96 bits per heavy atom. The predicted molar refractivity (Wildman–Crippen MR) is 91.6 cm³/mol. The number of carbonyl (C=O) groups excluding carboxylic acids is 2. The molecule has 0 saturated carbocycles. The third-order valence-electron chi connectivity index (χ3n) is 3.38. The van der Waals surface area contributed by atoms with Crippen LogP contribution >= 0.6 is 0 Å². The molecule has 2 aromatic rings. The molecule has 1 amide bonds. The number of nitrogens with zero attached hydrogens (tertiary/aromatic N) is 3. The molecule has 0 atom stereocenters. The second-order valence-corrected chi connectivity index (χ2v) is 5.31.